The molecule has 2 aliphatic heterocycles. The van der Waals surface area contributed by atoms with E-state index >= 15 is 0 Å². The molecule has 11 heteroatoms. The summed E-state index contributed by atoms with van der Waals surface area (Å²) in [5.41, 5.74) is 3.40. The molecule has 0 saturated heterocycles. The van der Waals surface area contributed by atoms with E-state index in [0.29, 0.717) is 33.6 Å². The fourth-order valence-corrected chi connectivity index (χ4v) is 7.42. The van der Waals surface area contributed by atoms with E-state index in [1.807, 2.05) is 0 Å². The molecule has 6 aromatic rings. The highest BCUT2D eigenvalue weighted by molar-refractivity contribution is 5.73. The summed E-state index contributed by atoms with van der Waals surface area (Å²) in [6.07, 6.45) is 1.55. The molecule has 0 saturated carbocycles. The fraction of sp³-hybridized carbons (Fsp3) is 0.0952. The molecule has 0 radical (unpaired) electrons. The maximum atomic E-state index is 11.6. The summed E-state index contributed by atoms with van der Waals surface area (Å²) in [6, 6.07) is 25.0. The first-order valence-corrected chi connectivity index (χ1v) is 16.5. The highest BCUT2D eigenvalue weighted by Crippen LogP contribution is 2.61. The number of phenols is 9. The Hall–Kier alpha value is -7.14. The van der Waals surface area contributed by atoms with Gasteiger partial charge in [0.05, 0.1) is 11.8 Å². The molecule has 0 aliphatic carbocycles. The highest BCUT2D eigenvalue weighted by atomic mass is 16.5. The number of ether oxygens (including phenoxy) is 2. The van der Waals surface area contributed by atoms with Crippen molar-refractivity contribution in [2.24, 2.45) is 0 Å². The predicted octanol–water partition coefficient (Wildman–Crippen LogP) is 7.74. The van der Waals surface area contributed by atoms with Gasteiger partial charge in [0, 0.05) is 40.5 Å². The van der Waals surface area contributed by atoms with Gasteiger partial charge in [-0.05, 0) is 95.1 Å². The van der Waals surface area contributed by atoms with Crippen LogP contribution in [0.15, 0.2) is 103 Å². The molecule has 9 N–H and O–H groups in total. The third-order valence-corrected chi connectivity index (χ3v) is 9.63. The minimum Gasteiger partial charge on any atom is -0.508 e. The van der Waals surface area contributed by atoms with Crippen molar-refractivity contribution in [3.63, 3.8) is 0 Å². The van der Waals surface area contributed by atoms with Crippen LogP contribution in [0.3, 0.4) is 0 Å². The number of phenolic OH excluding ortho intramolecular Hbond substituents is 9. The summed E-state index contributed by atoms with van der Waals surface area (Å²) < 4.78 is 13.3. The van der Waals surface area contributed by atoms with Crippen LogP contribution in [0.4, 0.5) is 0 Å². The van der Waals surface area contributed by atoms with Crippen molar-refractivity contribution in [2.45, 2.75) is 24.0 Å². The largest absolute Gasteiger partial charge is 0.508 e. The van der Waals surface area contributed by atoms with Gasteiger partial charge in [-0.1, -0.05) is 24.3 Å². The number of hydrogen-bond donors (Lipinski definition) is 9. The average Bonchev–Trinajstić information content (AvgIpc) is 3.68. The van der Waals surface area contributed by atoms with Gasteiger partial charge in [0.25, 0.3) is 0 Å². The van der Waals surface area contributed by atoms with Crippen LogP contribution in [0, 0.1) is 0 Å². The molecule has 6 aromatic carbocycles. The lowest BCUT2D eigenvalue weighted by molar-refractivity contribution is 0.192. The topological polar surface area (TPSA) is 201 Å². The van der Waals surface area contributed by atoms with Crippen LogP contribution in [0.1, 0.15) is 68.6 Å². The summed E-state index contributed by atoms with van der Waals surface area (Å²) in [5.74, 6) is -2.90. The van der Waals surface area contributed by atoms with Crippen LogP contribution in [-0.4, -0.2) is 46.0 Å². The molecule has 2 aliphatic rings. The van der Waals surface area contributed by atoms with Gasteiger partial charge in [0.2, 0.25) is 0 Å². The van der Waals surface area contributed by atoms with Crippen molar-refractivity contribution < 1.29 is 55.4 Å². The van der Waals surface area contributed by atoms with Crippen LogP contribution < -0.4 is 9.47 Å². The molecule has 0 amide bonds. The number of hydrogen-bond acceptors (Lipinski definition) is 11. The van der Waals surface area contributed by atoms with E-state index in [-0.39, 0.29) is 68.6 Å². The van der Waals surface area contributed by atoms with Gasteiger partial charge in [0.15, 0.2) is 0 Å². The lowest BCUT2D eigenvalue weighted by atomic mass is 9.81. The van der Waals surface area contributed by atoms with Gasteiger partial charge in [0.1, 0.15) is 75.5 Å². The lowest BCUT2D eigenvalue weighted by Crippen LogP contribution is -2.13. The van der Waals surface area contributed by atoms with Gasteiger partial charge in [-0.2, -0.15) is 0 Å². The Kier molecular flexibility index (Phi) is 7.83. The van der Waals surface area contributed by atoms with Crippen molar-refractivity contribution in [1.82, 2.24) is 0 Å². The zero-order valence-electron chi connectivity index (χ0n) is 27.6. The Morgan fingerprint density at radius 3 is 1.57 bits per heavy atom. The molecule has 0 fully saturated rings. The third kappa shape index (κ3) is 5.93. The minimum absolute atomic E-state index is 0.125. The second-order valence-electron chi connectivity index (χ2n) is 13.1. The average molecular weight is 713 g/mol. The fourth-order valence-electron chi connectivity index (χ4n) is 7.42. The standard InChI is InChI=1S/C42H32O11/c43-24-5-3-20(4-6-24)1-2-21-11-34(51)38-35(12-21)52-41(36(38)22-13-26(45)17-27(46)14-22)31-9-10-32(49)39-37(23-15-28(47)18-29(48)16-23)40(53-42(31)39)30-8-7-25(44)19-33(30)50/h1-19,36-37,40-41,43-51H/b2-1+/t36-,37-,40+,41+/m1/s1. The zero-order valence-corrected chi connectivity index (χ0v) is 27.6. The smallest absolute Gasteiger partial charge is 0.138 e. The monoisotopic (exact) mass is 712 g/mol. The number of aromatic hydroxyl groups is 9. The quantitative estimate of drug-likeness (QED) is 0.0765. The summed E-state index contributed by atoms with van der Waals surface area (Å²) in [7, 11) is 0. The molecule has 53 heavy (non-hydrogen) atoms. The Morgan fingerprint density at radius 2 is 0.943 bits per heavy atom. The van der Waals surface area contributed by atoms with E-state index in [2.05, 4.69) is 0 Å². The molecular weight excluding hydrogens is 680 g/mol. The summed E-state index contributed by atoms with van der Waals surface area (Å²) in [6.45, 7) is 0. The molecule has 8 rings (SSSR count). The third-order valence-electron chi connectivity index (χ3n) is 9.63. The highest BCUT2D eigenvalue weighted by Gasteiger charge is 2.47. The predicted molar refractivity (Wildman–Crippen MR) is 193 cm³/mol. The number of fused-ring (bicyclic) bond motifs is 2. The maximum absolute atomic E-state index is 11.6. The molecule has 0 unspecified atom stereocenters. The van der Waals surface area contributed by atoms with E-state index in [4.69, 9.17) is 9.47 Å². The van der Waals surface area contributed by atoms with Crippen molar-refractivity contribution in [2.75, 3.05) is 0 Å². The number of rotatable bonds is 6. The molecule has 0 aromatic heterocycles. The Labute approximate surface area is 302 Å². The van der Waals surface area contributed by atoms with Crippen LogP contribution in [0.5, 0.6) is 63.2 Å². The summed E-state index contributed by atoms with van der Waals surface area (Å²) in [5, 5.41) is 95.7. The van der Waals surface area contributed by atoms with Crippen molar-refractivity contribution in [3.05, 3.63) is 148 Å². The van der Waals surface area contributed by atoms with Gasteiger partial charge in [-0.3, -0.25) is 0 Å². The maximum Gasteiger partial charge on any atom is 0.138 e. The number of benzene rings is 6. The molecule has 2 heterocycles. The van der Waals surface area contributed by atoms with Crippen LogP contribution in [-0.2, 0) is 0 Å². The molecule has 4 atom stereocenters. The second kappa shape index (κ2) is 12.6. The molecule has 266 valence electrons. The Bertz CT molecular complexity index is 2400. The van der Waals surface area contributed by atoms with Crippen LogP contribution in [0.2, 0.25) is 0 Å². The van der Waals surface area contributed by atoms with Gasteiger partial charge < -0.3 is 55.4 Å². The summed E-state index contributed by atoms with van der Waals surface area (Å²) >= 11 is 0. The van der Waals surface area contributed by atoms with Crippen molar-refractivity contribution in [1.29, 1.82) is 0 Å². The van der Waals surface area contributed by atoms with E-state index in [1.54, 1.807) is 54.6 Å². The minimum atomic E-state index is -1.05. The van der Waals surface area contributed by atoms with Crippen LogP contribution in [0.25, 0.3) is 12.2 Å². The first-order valence-electron chi connectivity index (χ1n) is 16.5. The Balaban J connectivity index is 1.30. The SMILES string of the molecule is Oc1ccc(/C=C/c2cc(O)c3c(c2)O[C@@H](c2ccc(O)c4c2O[C@@H](c2ccc(O)cc2O)[C@@H]4c2cc(O)cc(O)c2)[C@@H]3c2cc(O)cc(O)c2)cc1. The van der Waals surface area contributed by atoms with Crippen LogP contribution >= 0.6 is 0 Å². The normalized spacial score (nSPS) is 18.7. The first-order chi connectivity index (χ1) is 25.4. The summed E-state index contributed by atoms with van der Waals surface area (Å²) in [4.78, 5) is 0. The van der Waals surface area contributed by atoms with Crippen molar-refractivity contribution >= 4 is 12.2 Å². The van der Waals surface area contributed by atoms with Gasteiger partial charge in [-0.15, -0.1) is 0 Å². The Morgan fingerprint density at radius 1 is 0.396 bits per heavy atom. The molecule has 11 nitrogen and oxygen atoms in total. The molecule has 0 bridgehead atoms. The van der Waals surface area contributed by atoms with E-state index in [0.717, 1.165) is 17.7 Å². The molecule has 0 spiro atoms. The van der Waals surface area contributed by atoms with E-state index in [1.165, 1.54) is 48.5 Å². The van der Waals surface area contributed by atoms with E-state index < -0.39 is 24.0 Å². The first kappa shape index (κ1) is 33.0. The van der Waals surface area contributed by atoms with Crippen molar-refractivity contribution in [3.8, 4) is 63.2 Å². The van der Waals surface area contributed by atoms with Gasteiger partial charge >= 0.3 is 0 Å². The zero-order chi connectivity index (χ0) is 37.1. The molecular formula is C42H32O11. The second-order valence-corrected chi connectivity index (χ2v) is 13.1. The van der Waals surface area contributed by atoms with E-state index in [9.17, 15) is 46.0 Å². The van der Waals surface area contributed by atoms with Gasteiger partial charge in [-0.25, -0.2) is 0 Å². The lowest BCUT2D eigenvalue weighted by Gasteiger charge is -2.23.